The van der Waals surface area contributed by atoms with Gasteiger partial charge in [-0.15, -0.1) is 0 Å². The molecule has 16 heavy (non-hydrogen) atoms. The first kappa shape index (κ1) is 13.3. The molecule has 0 heterocycles. The number of carbonyl (C=O) groups excluding carboxylic acids is 1. The third-order valence-corrected chi connectivity index (χ3v) is 2.58. The Kier molecular flexibility index (Phi) is 5.60. The summed E-state index contributed by atoms with van der Waals surface area (Å²) in [6.45, 7) is 0.102. The van der Waals surface area contributed by atoms with Crippen LogP contribution in [-0.2, 0) is 4.79 Å². The van der Waals surface area contributed by atoms with Crippen molar-refractivity contribution in [2.45, 2.75) is 19.3 Å². The van der Waals surface area contributed by atoms with Gasteiger partial charge in [-0.3, -0.25) is 4.79 Å². The molecule has 0 fully saturated rings. The van der Waals surface area contributed by atoms with Gasteiger partial charge in [0.1, 0.15) is 0 Å². The summed E-state index contributed by atoms with van der Waals surface area (Å²) >= 11 is 11.7. The highest BCUT2D eigenvalue weighted by atomic mass is 35.5. The predicted octanol–water partition coefficient (Wildman–Crippen LogP) is 3.09. The van der Waals surface area contributed by atoms with E-state index in [1.165, 1.54) is 0 Å². The van der Waals surface area contributed by atoms with E-state index < -0.39 is 0 Å². The number of carbonyl (C=O) groups is 1. The molecular formula is C11H13Cl2NO2. The number of amides is 1. The molecule has 0 radical (unpaired) electrons. The van der Waals surface area contributed by atoms with Crippen molar-refractivity contribution < 1.29 is 9.90 Å². The minimum Gasteiger partial charge on any atom is -0.396 e. The van der Waals surface area contributed by atoms with Crippen LogP contribution < -0.4 is 5.32 Å². The van der Waals surface area contributed by atoms with Gasteiger partial charge in [0.25, 0.3) is 0 Å². The molecule has 1 aromatic carbocycles. The molecule has 0 aliphatic heterocycles. The zero-order valence-electron chi connectivity index (χ0n) is 8.67. The van der Waals surface area contributed by atoms with E-state index in [1.807, 2.05) is 0 Å². The van der Waals surface area contributed by atoms with Crippen LogP contribution in [0.4, 0.5) is 5.69 Å². The lowest BCUT2D eigenvalue weighted by Gasteiger charge is -2.07. The number of hydrogen-bond acceptors (Lipinski definition) is 2. The molecule has 5 heteroatoms. The van der Waals surface area contributed by atoms with Crippen molar-refractivity contribution in [1.82, 2.24) is 0 Å². The van der Waals surface area contributed by atoms with E-state index in [9.17, 15) is 4.79 Å². The molecule has 0 aromatic heterocycles. The average molecular weight is 262 g/mol. The fourth-order valence-electron chi connectivity index (χ4n) is 1.20. The average Bonchev–Trinajstić information content (AvgIpc) is 2.24. The van der Waals surface area contributed by atoms with Crippen molar-refractivity contribution in [2.75, 3.05) is 11.9 Å². The van der Waals surface area contributed by atoms with Gasteiger partial charge in [-0.25, -0.2) is 0 Å². The van der Waals surface area contributed by atoms with E-state index in [-0.39, 0.29) is 12.5 Å². The van der Waals surface area contributed by atoms with Gasteiger partial charge >= 0.3 is 0 Å². The van der Waals surface area contributed by atoms with Crippen LogP contribution in [-0.4, -0.2) is 17.6 Å². The molecule has 0 saturated heterocycles. The Morgan fingerprint density at radius 2 is 2.06 bits per heavy atom. The van der Waals surface area contributed by atoms with Crippen molar-refractivity contribution >= 4 is 34.8 Å². The van der Waals surface area contributed by atoms with Crippen molar-refractivity contribution in [1.29, 1.82) is 0 Å². The van der Waals surface area contributed by atoms with Gasteiger partial charge in [0, 0.05) is 18.1 Å². The SMILES string of the molecule is O=C(CCCCO)Nc1cc(Cl)ccc1Cl. The Balaban J connectivity index is 2.52. The van der Waals surface area contributed by atoms with E-state index >= 15 is 0 Å². The first-order valence-corrected chi connectivity index (χ1v) is 5.75. The largest absolute Gasteiger partial charge is 0.396 e. The van der Waals surface area contributed by atoms with Crippen molar-refractivity contribution in [3.05, 3.63) is 28.2 Å². The molecule has 3 nitrogen and oxygen atoms in total. The monoisotopic (exact) mass is 261 g/mol. The number of aliphatic hydroxyl groups is 1. The Hall–Kier alpha value is -0.770. The van der Waals surface area contributed by atoms with Crippen LogP contribution in [0, 0.1) is 0 Å². The Morgan fingerprint density at radius 1 is 1.31 bits per heavy atom. The van der Waals surface area contributed by atoms with Crippen LogP contribution in [0.5, 0.6) is 0 Å². The normalized spacial score (nSPS) is 10.2. The summed E-state index contributed by atoms with van der Waals surface area (Å²) in [5, 5.41) is 12.2. The molecule has 1 aromatic rings. The number of halogens is 2. The molecule has 2 N–H and O–H groups in total. The van der Waals surface area contributed by atoms with Crippen molar-refractivity contribution in [3.8, 4) is 0 Å². The maximum absolute atomic E-state index is 11.5. The Bertz CT molecular complexity index is 369. The number of hydrogen-bond donors (Lipinski definition) is 2. The number of unbranched alkanes of at least 4 members (excludes halogenated alkanes) is 1. The standard InChI is InChI=1S/C11H13Cl2NO2/c12-8-4-5-9(13)10(7-8)14-11(16)3-1-2-6-15/h4-5,7,15H,1-3,6H2,(H,14,16). The highest BCUT2D eigenvalue weighted by Crippen LogP contribution is 2.25. The number of rotatable bonds is 5. The first-order valence-electron chi connectivity index (χ1n) is 4.99. The van der Waals surface area contributed by atoms with Gasteiger partial charge in [0.2, 0.25) is 5.91 Å². The minimum atomic E-state index is -0.127. The lowest BCUT2D eigenvalue weighted by molar-refractivity contribution is -0.116. The van der Waals surface area contributed by atoms with Crippen LogP contribution >= 0.6 is 23.2 Å². The molecular weight excluding hydrogens is 249 g/mol. The highest BCUT2D eigenvalue weighted by Gasteiger charge is 2.06. The molecule has 88 valence electrons. The number of benzene rings is 1. The minimum absolute atomic E-state index is 0.102. The van der Waals surface area contributed by atoms with Crippen LogP contribution in [0.25, 0.3) is 0 Å². The Labute approximate surface area is 104 Å². The maximum Gasteiger partial charge on any atom is 0.224 e. The quantitative estimate of drug-likeness (QED) is 0.801. The molecule has 1 amide bonds. The van der Waals surface area contributed by atoms with Gasteiger partial charge in [-0.2, -0.15) is 0 Å². The maximum atomic E-state index is 11.5. The summed E-state index contributed by atoms with van der Waals surface area (Å²) in [6.07, 6.45) is 1.64. The summed E-state index contributed by atoms with van der Waals surface area (Å²) in [5.74, 6) is -0.127. The second-order valence-corrected chi connectivity index (χ2v) is 4.20. The molecule has 0 bridgehead atoms. The molecule has 0 aliphatic rings. The third kappa shape index (κ3) is 4.39. The van der Waals surface area contributed by atoms with Gasteiger partial charge in [-0.05, 0) is 31.0 Å². The van der Waals surface area contributed by atoms with Gasteiger partial charge in [0.15, 0.2) is 0 Å². The molecule has 0 unspecified atom stereocenters. The topological polar surface area (TPSA) is 49.3 Å². The van der Waals surface area contributed by atoms with E-state index in [4.69, 9.17) is 28.3 Å². The van der Waals surface area contributed by atoms with Crippen LogP contribution in [0.3, 0.4) is 0 Å². The third-order valence-electron chi connectivity index (χ3n) is 2.01. The fourth-order valence-corrected chi connectivity index (χ4v) is 1.54. The fraction of sp³-hybridized carbons (Fsp3) is 0.364. The van der Waals surface area contributed by atoms with Gasteiger partial charge in [-0.1, -0.05) is 23.2 Å². The lowest BCUT2D eigenvalue weighted by Crippen LogP contribution is -2.11. The highest BCUT2D eigenvalue weighted by molar-refractivity contribution is 6.35. The molecule has 0 atom stereocenters. The van der Waals surface area contributed by atoms with Crippen LogP contribution in [0.1, 0.15) is 19.3 Å². The van der Waals surface area contributed by atoms with E-state index in [0.717, 1.165) is 0 Å². The predicted molar refractivity (Wildman–Crippen MR) is 66.0 cm³/mol. The van der Waals surface area contributed by atoms with E-state index in [0.29, 0.717) is 35.0 Å². The first-order chi connectivity index (χ1) is 7.63. The summed E-state index contributed by atoms with van der Waals surface area (Å²) in [7, 11) is 0. The van der Waals surface area contributed by atoms with Crippen molar-refractivity contribution in [2.24, 2.45) is 0 Å². The molecule has 0 saturated carbocycles. The molecule has 1 rings (SSSR count). The number of nitrogens with one attached hydrogen (secondary N) is 1. The van der Waals surface area contributed by atoms with Gasteiger partial charge < -0.3 is 10.4 Å². The van der Waals surface area contributed by atoms with Crippen LogP contribution in [0.2, 0.25) is 10.0 Å². The lowest BCUT2D eigenvalue weighted by atomic mass is 10.2. The van der Waals surface area contributed by atoms with Gasteiger partial charge in [0.05, 0.1) is 10.7 Å². The Morgan fingerprint density at radius 3 is 2.75 bits per heavy atom. The summed E-state index contributed by atoms with van der Waals surface area (Å²) < 4.78 is 0. The second-order valence-electron chi connectivity index (χ2n) is 3.35. The number of anilines is 1. The van der Waals surface area contributed by atoms with E-state index in [2.05, 4.69) is 5.32 Å². The summed E-state index contributed by atoms with van der Waals surface area (Å²) in [4.78, 5) is 11.5. The second kappa shape index (κ2) is 6.74. The summed E-state index contributed by atoms with van der Waals surface area (Å²) in [5.41, 5.74) is 0.517. The van der Waals surface area contributed by atoms with Crippen LogP contribution in [0.15, 0.2) is 18.2 Å². The molecule has 0 aliphatic carbocycles. The molecule has 0 spiro atoms. The number of aliphatic hydroxyl groups excluding tert-OH is 1. The van der Waals surface area contributed by atoms with Crippen molar-refractivity contribution in [3.63, 3.8) is 0 Å². The smallest absolute Gasteiger partial charge is 0.224 e. The summed E-state index contributed by atoms with van der Waals surface area (Å²) in [6, 6.07) is 4.90. The zero-order valence-corrected chi connectivity index (χ0v) is 10.2. The van der Waals surface area contributed by atoms with E-state index in [1.54, 1.807) is 18.2 Å². The zero-order chi connectivity index (χ0) is 12.0.